The lowest BCUT2D eigenvalue weighted by Gasteiger charge is -2.25. The summed E-state index contributed by atoms with van der Waals surface area (Å²) < 4.78 is 50.1. The molecule has 0 saturated carbocycles. The van der Waals surface area contributed by atoms with E-state index < -0.39 is 24.0 Å². The van der Waals surface area contributed by atoms with Gasteiger partial charge in [0.05, 0.1) is 19.7 Å². The van der Waals surface area contributed by atoms with Crippen molar-refractivity contribution in [3.05, 3.63) is 18.0 Å². The third kappa shape index (κ3) is 3.06. The van der Waals surface area contributed by atoms with E-state index in [2.05, 4.69) is 9.97 Å². The zero-order chi connectivity index (χ0) is 19.1. The summed E-state index contributed by atoms with van der Waals surface area (Å²) in [6.07, 6.45) is -3.90. The highest BCUT2D eigenvalue weighted by Gasteiger charge is 2.38. The molecule has 0 bridgehead atoms. The van der Waals surface area contributed by atoms with Crippen LogP contribution >= 0.6 is 0 Å². The Hall–Kier alpha value is -2.78. The Kier molecular flexibility index (Phi) is 4.51. The molecule has 0 radical (unpaired) electrons. The van der Waals surface area contributed by atoms with Crippen molar-refractivity contribution in [3.63, 3.8) is 0 Å². The van der Waals surface area contributed by atoms with Crippen LogP contribution in [0.4, 0.5) is 19.0 Å². The van der Waals surface area contributed by atoms with Crippen molar-refractivity contribution in [2.45, 2.75) is 25.1 Å². The van der Waals surface area contributed by atoms with E-state index >= 15 is 0 Å². The second-order valence-corrected chi connectivity index (χ2v) is 5.78. The standard InChI is InChI=1S/C16H16F3N3O4/c1-25-11-6-8-9(7-12(11)26-2)20-15(16(17,18)19)21-13(8)22-5-3-4-10(22)14(23)24/h6-7,10H,3-5H2,1-2H3,(H,23,24). The van der Waals surface area contributed by atoms with Crippen LogP contribution in [0.15, 0.2) is 12.1 Å². The molecule has 1 fully saturated rings. The number of aliphatic carboxylic acids is 1. The third-order valence-corrected chi connectivity index (χ3v) is 4.24. The van der Waals surface area contributed by atoms with Gasteiger partial charge in [-0.1, -0.05) is 0 Å². The van der Waals surface area contributed by atoms with Crippen LogP contribution in [-0.2, 0) is 11.0 Å². The molecule has 1 atom stereocenters. The lowest BCUT2D eigenvalue weighted by molar-refractivity contribution is -0.144. The van der Waals surface area contributed by atoms with Crippen molar-refractivity contribution in [2.24, 2.45) is 0 Å². The zero-order valence-electron chi connectivity index (χ0n) is 14.0. The predicted molar refractivity (Wildman–Crippen MR) is 85.6 cm³/mol. The number of ether oxygens (including phenoxy) is 2. The van der Waals surface area contributed by atoms with Gasteiger partial charge >= 0.3 is 12.1 Å². The summed E-state index contributed by atoms with van der Waals surface area (Å²) in [5.74, 6) is -2.01. The van der Waals surface area contributed by atoms with Crippen molar-refractivity contribution in [1.82, 2.24) is 9.97 Å². The minimum Gasteiger partial charge on any atom is -0.493 e. The van der Waals surface area contributed by atoms with E-state index in [1.165, 1.54) is 31.3 Å². The molecule has 10 heteroatoms. The van der Waals surface area contributed by atoms with Gasteiger partial charge in [-0.3, -0.25) is 0 Å². The lowest BCUT2D eigenvalue weighted by atomic mass is 10.1. The Labute approximate surface area is 146 Å². The molecule has 2 heterocycles. The highest BCUT2D eigenvalue weighted by molar-refractivity contribution is 5.94. The minimum atomic E-state index is -4.77. The fraction of sp³-hybridized carbons (Fsp3) is 0.438. The second-order valence-electron chi connectivity index (χ2n) is 5.78. The second kappa shape index (κ2) is 6.50. The summed E-state index contributed by atoms with van der Waals surface area (Å²) in [6.45, 7) is 0.286. The van der Waals surface area contributed by atoms with Crippen molar-refractivity contribution >= 4 is 22.7 Å². The van der Waals surface area contributed by atoms with Crippen LogP contribution in [0.1, 0.15) is 18.7 Å². The van der Waals surface area contributed by atoms with E-state index in [-0.39, 0.29) is 34.8 Å². The van der Waals surface area contributed by atoms with Gasteiger partial charge < -0.3 is 19.5 Å². The number of carboxylic acid groups (broad SMARTS) is 1. The molecular formula is C16H16F3N3O4. The molecule has 1 aliphatic rings. The van der Waals surface area contributed by atoms with Gasteiger partial charge in [-0.15, -0.1) is 0 Å². The molecule has 1 unspecified atom stereocenters. The number of fused-ring (bicyclic) bond motifs is 1. The van der Waals surface area contributed by atoms with Gasteiger partial charge in [-0.2, -0.15) is 13.2 Å². The number of rotatable bonds is 4. The van der Waals surface area contributed by atoms with Gasteiger partial charge in [-0.05, 0) is 18.9 Å². The summed E-state index contributed by atoms with van der Waals surface area (Å²) in [5, 5.41) is 9.64. The fourth-order valence-corrected chi connectivity index (χ4v) is 3.06. The number of hydrogen-bond donors (Lipinski definition) is 1. The number of carbonyl (C=O) groups is 1. The average molecular weight is 371 g/mol. The summed E-state index contributed by atoms with van der Waals surface area (Å²) >= 11 is 0. The van der Waals surface area contributed by atoms with Crippen molar-refractivity contribution in [1.29, 1.82) is 0 Å². The van der Waals surface area contributed by atoms with Crippen LogP contribution in [-0.4, -0.2) is 47.8 Å². The van der Waals surface area contributed by atoms with E-state index in [4.69, 9.17) is 9.47 Å². The number of benzene rings is 1. The SMILES string of the molecule is COc1cc2nc(C(F)(F)F)nc(N3CCCC3C(=O)O)c2cc1OC. The Balaban J connectivity index is 2.29. The first kappa shape index (κ1) is 18.0. The molecule has 1 aromatic carbocycles. The van der Waals surface area contributed by atoms with Crippen LogP contribution in [0.25, 0.3) is 10.9 Å². The van der Waals surface area contributed by atoms with Crippen molar-refractivity contribution < 1.29 is 32.5 Å². The smallest absolute Gasteiger partial charge is 0.451 e. The number of alkyl halides is 3. The molecule has 140 valence electrons. The van der Waals surface area contributed by atoms with Gasteiger partial charge in [0.1, 0.15) is 11.9 Å². The van der Waals surface area contributed by atoms with E-state index in [0.29, 0.717) is 12.8 Å². The maximum Gasteiger partial charge on any atom is 0.451 e. The Bertz CT molecular complexity index is 857. The summed E-state index contributed by atoms with van der Waals surface area (Å²) in [5.41, 5.74) is -0.00369. The molecule has 1 saturated heterocycles. The zero-order valence-corrected chi connectivity index (χ0v) is 14.0. The van der Waals surface area contributed by atoms with Crippen molar-refractivity contribution in [2.75, 3.05) is 25.7 Å². The molecular weight excluding hydrogens is 355 g/mol. The summed E-state index contributed by atoms with van der Waals surface area (Å²) in [4.78, 5) is 20.1. The molecule has 0 spiro atoms. The maximum absolute atomic E-state index is 13.3. The molecule has 1 N–H and O–H groups in total. The number of halogens is 3. The molecule has 7 nitrogen and oxygen atoms in total. The molecule has 1 aromatic heterocycles. The number of carboxylic acids is 1. The quantitative estimate of drug-likeness (QED) is 0.884. The van der Waals surface area contributed by atoms with Gasteiger partial charge in [-0.25, -0.2) is 14.8 Å². The van der Waals surface area contributed by atoms with Crippen LogP contribution in [0.3, 0.4) is 0 Å². The fourth-order valence-electron chi connectivity index (χ4n) is 3.06. The van der Waals surface area contributed by atoms with E-state index in [1.54, 1.807) is 0 Å². The molecule has 0 aliphatic carbocycles. The molecule has 3 rings (SSSR count). The Morgan fingerprint density at radius 1 is 1.23 bits per heavy atom. The largest absolute Gasteiger partial charge is 0.493 e. The normalized spacial score (nSPS) is 17.6. The lowest BCUT2D eigenvalue weighted by Crippen LogP contribution is -2.37. The average Bonchev–Trinajstić information content (AvgIpc) is 3.08. The number of nitrogens with zero attached hydrogens (tertiary/aromatic N) is 3. The Morgan fingerprint density at radius 2 is 1.88 bits per heavy atom. The third-order valence-electron chi connectivity index (χ3n) is 4.24. The van der Waals surface area contributed by atoms with Gasteiger partial charge in [0, 0.05) is 18.0 Å². The van der Waals surface area contributed by atoms with Crippen LogP contribution in [0.2, 0.25) is 0 Å². The molecule has 1 aliphatic heterocycles. The number of methoxy groups -OCH3 is 2. The minimum absolute atomic E-state index is 0.00369. The number of hydrogen-bond acceptors (Lipinski definition) is 6. The van der Waals surface area contributed by atoms with E-state index in [0.717, 1.165) is 0 Å². The first-order chi connectivity index (χ1) is 12.3. The van der Waals surface area contributed by atoms with Crippen molar-refractivity contribution in [3.8, 4) is 11.5 Å². The summed E-state index contributed by atoms with van der Waals surface area (Å²) in [6, 6.07) is 1.84. The predicted octanol–water partition coefficient (Wildman–Crippen LogP) is 2.72. The summed E-state index contributed by atoms with van der Waals surface area (Å²) in [7, 11) is 2.75. The van der Waals surface area contributed by atoms with Gasteiger partial charge in [0.25, 0.3) is 0 Å². The number of anilines is 1. The molecule has 0 amide bonds. The van der Waals surface area contributed by atoms with Gasteiger partial charge in [0.15, 0.2) is 11.5 Å². The molecule has 2 aromatic rings. The van der Waals surface area contributed by atoms with E-state index in [9.17, 15) is 23.1 Å². The first-order valence-electron chi connectivity index (χ1n) is 7.76. The Morgan fingerprint density at radius 3 is 2.46 bits per heavy atom. The monoisotopic (exact) mass is 371 g/mol. The van der Waals surface area contributed by atoms with Crippen LogP contribution in [0.5, 0.6) is 11.5 Å². The topological polar surface area (TPSA) is 84.8 Å². The van der Waals surface area contributed by atoms with Crippen LogP contribution < -0.4 is 14.4 Å². The van der Waals surface area contributed by atoms with Crippen LogP contribution in [0, 0.1) is 0 Å². The molecule has 26 heavy (non-hydrogen) atoms. The van der Waals surface area contributed by atoms with E-state index in [1.807, 2.05) is 0 Å². The highest BCUT2D eigenvalue weighted by Crippen LogP contribution is 2.39. The number of aromatic nitrogens is 2. The maximum atomic E-state index is 13.3. The first-order valence-corrected chi connectivity index (χ1v) is 7.76. The van der Waals surface area contributed by atoms with Gasteiger partial charge in [0.2, 0.25) is 5.82 Å². The highest BCUT2D eigenvalue weighted by atomic mass is 19.4.